The second-order valence-electron chi connectivity index (χ2n) is 5.62. The third-order valence-corrected chi connectivity index (χ3v) is 3.96. The quantitative estimate of drug-likeness (QED) is 0.640. The maximum absolute atomic E-state index is 15.0. The van der Waals surface area contributed by atoms with Gasteiger partial charge in [-0.1, -0.05) is 41.5 Å². The van der Waals surface area contributed by atoms with Gasteiger partial charge < -0.3 is 5.73 Å². The Balaban J connectivity index is 2.62. The maximum Gasteiger partial charge on any atom is 0.287 e. The molecule has 0 saturated heterocycles. The van der Waals surface area contributed by atoms with Gasteiger partial charge in [0.05, 0.1) is 16.8 Å². The van der Waals surface area contributed by atoms with Gasteiger partial charge in [-0.15, -0.1) is 5.12 Å². The van der Waals surface area contributed by atoms with Crippen LogP contribution in [0, 0.1) is 6.92 Å². The molecule has 0 aliphatic rings. The Morgan fingerprint density at radius 2 is 1.96 bits per heavy atom. The number of halogens is 3. The second kappa shape index (κ2) is 7.33. The number of carbonyl (C=O) groups excluding carboxylic acids is 2. The zero-order valence-electron chi connectivity index (χ0n) is 13.7. The van der Waals surface area contributed by atoms with Crippen molar-refractivity contribution in [2.24, 2.45) is 5.73 Å². The smallest absolute Gasteiger partial charge is 0.287 e. The molecule has 0 saturated carbocycles. The third-order valence-electron chi connectivity index (χ3n) is 3.50. The molecule has 132 valence electrons. The van der Waals surface area contributed by atoms with E-state index in [-0.39, 0.29) is 32.6 Å². The summed E-state index contributed by atoms with van der Waals surface area (Å²) in [4.78, 5) is 32.1. The van der Waals surface area contributed by atoms with E-state index in [4.69, 9.17) is 28.9 Å². The molecule has 0 aromatic carbocycles. The number of pyridine rings is 2. The lowest BCUT2D eigenvalue weighted by Gasteiger charge is -2.20. The normalized spacial score (nSPS) is 10.8. The molecule has 0 aliphatic heterocycles. The molecule has 9 heteroatoms. The topological polar surface area (TPSA) is 89.2 Å². The monoisotopic (exact) mass is 384 g/mol. The first-order valence-electron chi connectivity index (χ1n) is 7.26. The predicted molar refractivity (Wildman–Crippen MR) is 93.8 cm³/mol. The summed E-state index contributed by atoms with van der Waals surface area (Å²) in [6.07, 6.45) is 1.53. The summed E-state index contributed by atoms with van der Waals surface area (Å²) >= 11 is 11.6. The van der Waals surface area contributed by atoms with Gasteiger partial charge in [0, 0.05) is 6.20 Å². The summed E-state index contributed by atoms with van der Waals surface area (Å²) in [5.74, 6) is -2.29. The Morgan fingerprint density at radius 3 is 2.52 bits per heavy atom. The zero-order valence-corrected chi connectivity index (χ0v) is 15.2. The number of primary amides is 1. The van der Waals surface area contributed by atoms with Gasteiger partial charge in [-0.05, 0) is 30.5 Å². The number of anilines is 1. The van der Waals surface area contributed by atoms with Crippen LogP contribution < -0.4 is 10.9 Å². The summed E-state index contributed by atoms with van der Waals surface area (Å²) in [5, 5.41) is -0.617. The van der Waals surface area contributed by atoms with E-state index >= 15 is 0 Å². The first-order valence-corrected chi connectivity index (χ1v) is 8.02. The molecule has 2 heterocycles. The van der Waals surface area contributed by atoms with Gasteiger partial charge in [-0.25, -0.2) is 4.98 Å². The highest BCUT2D eigenvalue weighted by molar-refractivity contribution is 6.36. The number of carbonyl (C=O) groups is 2. The van der Waals surface area contributed by atoms with E-state index in [1.807, 2.05) is 13.8 Å². The first kappa shape index (κ1) is 19.1. The van der Waals surface area contributed by atoms with Crippen LogP contribution in [0.5, 0.6) is 0 Å². The molecule has 0 unspecified atom stereocenters. The largest absolute Gasteiger partial charge is 0.365 e. The van der Waals surface area contributed by atoms with Gasteiger partial charge in [0.15, 0.2) is 0 Å². The van der Waals surface area contributed by atoms with Crippen LogP contribution in [0.1, 0.15) is 51.7 Å². The fourth-order valence-corrected chi connectivity index (χ4v) is 2.87. The van der Waals surface area contributed by atoms with Crippen molar-refractivity contribution >= 4 is 40.7 Å². The minimum absolute atomic E-state index is 0.00183. The van der Waals surface area contributed by atoms with Crippen LogP contribution in [-0.2, 0) is 0 Å². The number of hydrogen-bond acceptors (Lipinski definition) is 4. The molecule has 0 spiro atoms. The van der Waals surface area contributed by atoms with Crippen molar-refractivity contribution in [3.05, 3.63) is 51.0 Å². The predicted octanol–water partition coefficient (Wildman–Crippen LogP) is 3.85. The van der Waals surface area contributed by atoms with Gasteiger partial charge in [0.25, 0.3) is 11.8 Å². The summed E-state index contributed by atoms with van der Waals surface area (Å²) in [6.45, 7) is 5.28. The zero-order chi connectivity index (χ0) is 18.9. The van der Waals surface area contributed by atoms with Gasteiger partial charge in [0.1, 0.15) is 16.0 Å². The highest BCUT2D eigenvalue weighted by Gasteiger charge is 2.29. The molecule has 2 amide bonds. The van der Waals surface area contributed by atoms with E-state index in [9.17, 15) is 14.1 Å². The van der Waals surface area contributed by atoms with Crippen molar-refractivity contribution in [2.45, 2.75) is 26.7 Å². The number of aryl methyl sites for hydroxylation is 1. The van der Waals surface area contributed by atoms with Crippen molar-refractivity contribution in [2.75, 3.05) is 5.12 Å². The second-order valence-corrected chi connectivity index (χ2v) is 6.37. The van der Waals surface area contributed by atoms with Gasteiger partial charge in [-0.3, -0.25) is 14.6 Å². The fourth-order valence-electron chi connectivity index (χ4n) is 2.34. The van der Waals surface area contributed by atoms with Crippen LogP contribution in [0.4, 0.5) is 10.2 Å². The number of nitrogens with two attached hydrogens (primary N) is 1. The number of hydrogen-bond donors (Lipinski definition) is 1. The summed E-state index contributed by atoms with van der Waals surface area (Å²) in [6, 6.07) is 2.62. The molecule has 0 radical (unpaired) electrons. The molecule has 2 N–H and O–H groups in total. The van der Waals surface area contributed by atoms with Gasteiger partial charge in [-0.2, -0.15) is 0 Å². The number of rotatable bonds is 4. The Labute approximate surface area is 153 Å². The number of amides is 2. The van der Waals surface area contributed by atoms with E-state index in [0.717, 1.165) is 6.07 Å². The fraction of sp³-hybridized carbons (Fsp3) is 0.250. The SMILES string of the molecule is Cc1ccnc(C(C)C)c1N(F)C(=O)c1cc(Cl)nc(Cl)c1C(N)=O. The molecule has 25 heavy (non-hydrogen) atoms. The maximum atomic E-state index is 15.0. The molecule has 0 aliphatic carbocycles. The van der Waals surface area contributed by atoms with Crippen LogP contribution in [0.25, 0.3) is 0 Å². The molecule has 2 aromatic heterocycles. The van der Waals surface area contributed by atoms with Crippen molar-refractivity contribution in [1.29, 1.82) is 0 Å². The van der Waals surface area contributed by atoms with Crippen LogP contribution in [0.15, 0.2) is 18.3 Å². The highest BCUT2D eigenvalue weighted by atomic mass is 35.5. The lowest BCUT2D eigenvalue weighted by atomic mass is 10.0. The summed E-state index contributed by atoms with van der Waals surface area (Å²) < 4.78 is 15.0. The van der Waals surface area contributed by atoms with E-state index in [1.54, 1.807) is 13.0 Å². The number of nitrogens with zero attached hydrogens (tertiary/aromatic N) is 3. The van der Waals surface area contributed by atoms with Crippen molar-refractivity contribution in [3.8, 4) is 0 Å². The van der Waals surface area contributed by atoms with Crippen molar-refractivity contribution in [1.82, 2.24) is 9.97 Å². The molecule has 6 nitrogen and oxygen atoms in total. The van der Waals surface area contributed by atoms with Crippen LogP contribution in [0.2, 0.25) is 10.3 Å². The molecule has 2 rings (SSSR count). The lowest BCUT2D eigenvalue weighted by molar-refractivity contribution is 0.0917. The van der Waals surface area contributed by atoms with Crippen LogP contribution >= 0.6 is 23.2 Å². The molecular weight excluding hydrogens is 370 g/mol. The van der Waals surface area contributed by atoms with E-state index < -0.39 is 17.4 Å². The molecule has 0 fully saturated rings. The van der Waals surface area contributed by atoms with Gasteiger partial charge >= 0.3 is 0 Å². The Kier molecular flexibility index (Phi) is 5.59. The first-order chi connectivity index (χ1) is 11.6. The molecule has 2 aromatic rings. The van der Waals surface area contributed by atoms with Crippen molar-refractivity contribution < 1.29 is 14.1 Å². The molecule has 0 atom stereocenters. The van der Waals surface area contributed by atoms with Crippen LogP contribution in [0.3, 0.4) is 0 Å². The van der Waals surface area contributed by atoms with Gasteiger partial charge in [0.2, 0.25) is 0 Å². The Hall–Kier alpha value is -2.25. The van der Waals surface area contributed by atoms with E-state index in [1.165, 1.54) is 6.20 Å². The average molecular weight is 385 g/mol. The average Bonchev–Trinajstić information content (AvgIpc) is 2.51. The van der Waals surface area contributed by atoms with E-state index in [0.29, 0.717) is 11.3 Å². The Morgan fingerprint density at radius 1 is 1.32 bits per heavy atom. The lowest BCUT2D eigenvalue weighted by Crippen LogP contribution is -2.28. The van der Waals surface area contributed by atoms with E-state index in [2.05, 4.69) is 9.97 Å². The summed E-state index contributed by atoms with van der Waals surface area (Å²) in [5.41, 5.74) is 5.36. The van der Waals surface area contributed by atoms with Crippen LogP contribution in [-0.4, -0.2) is 21.8 Å². The summed E-state index contributed by atoms with van der Waals surface area (Å²) in [7, 11) is 0. The minimum Gasteiger partial charge on any atom is -0.365 e. The minimum atomic E-state index is -1.14. The third kappa shape index (κ3) is 3.72. The van der Waals surface area contributed by atoms with Crippen molar-refractivity contribution in [3.63, 3.8) is 0 Å². The Bertz CT molecular complexity index is 858. The standard InChI is InChI=1S/C16H15Cl2FN4O2/c1-7(2)12-13(8(3)4-5-21-12)23(19)16(25)9-6-10(17)22-14(18)11(9)15(20)24/h4-7H,1-3H3,(H2,20,24). The highest BCUT2D eigenvalue weighted by Crippen LogP contribution is 2.32. The number of aromatic nitrogens is 2. The molecular formula is C16H15Cl2FN4O2. The molecule has 0 bridgehead atoms.